The zero-order valence-electron chi connectivity index (χ0n) is 10.9. The first-order valence-corrected chi connectivity index (χ1v) is 7.32. The van der Waals surface area contributed by atoms with Gasteiger partial charge in [0.25, 0.3) is 0 Å². The molecule has 0 aliphatic carbocycles. The lowest BCUT2D eigenvalue weighted by atomic mass is 10.1. The van der Waals surface area contributed by atoms with Gasteiger partial charge in [-0.15, -0.1) is 0 Å². The largest absolute Gasteiger partial charge is 0.386 e. The van der Waals surface area contributed by atoms with Gasteiger partial charge in [0.1, 0.15) is 5.82 Å². The van der Waals surface area contributed by atoms with Gasteiger partial charge >= 0.3 is 0 Å². The first-order valence-electron chi connectivity index (χ1n) is 5.67. The van der Waals surface area contributed by atoms with Gasteiger partial charge in [-0.1, -0.05) is 12.1 Å². The van der Waals surface area contributed by atoms with Gasteiger partial charge in [-0.3, -0.25) is 0 Å². The Kier molecular flexibility index (Phi) is 5.42. The third-order valence-corrected chi connectivity index (χ3v) is 3.67. The van der Waals surface area contributed by atoms with E-state index in [4.69, 9.17) is 4.74 Å². The minimum absolute atomic E-state index is 0.00941. The van der Waals surface area contributed by atoms with Crippen molar-refractivity contribution in [3.8, 4) is 0 Å². The van der Waals surface area contributed by atoms with E-state index in [-0.39, 0.29) is 18.9 Å². The summed E-state index contributed by atoms with van der Waals surface area (Å²) in [6, 6.07) is 5.37. The Morgan fingerprint density at radius 1 is 1.47 bits per heavy atom. The molecule has 0 radical (unpaired) electrons. The molecule has 0 aliphatic rings. The first-order chi connectivity index (χ1) is 8.74. The third kappa shape index (κ3) is 6.11. The highest BCUT2D eigenvalue weighted by atomic mass is 32.2. The molecule has 0 bridgehead atoms. The molecular weight excluding hydrogens is 273 g/mol. The van der Waals surface area contributed by atoms with Crippen LogP contribution in [0.5, 0.6) is 0 Å². The van der Waals surface area contributed by atoms with E-state index in [0.29, 0.717) is 5.56 Å². The van der Waals surface area contributed by atoms with Crippen LogP contribution in [0.15, 0.2) is 24.3 Å². The summed E-state index contributed by atoms with van der Waals surface area (Å²) in [5, 5.41) is 9.78. The van der Waals surface area contributed by atoms with Crippen molar-refractivity contribution in [2.45, 2.75) is 18.3 Å². The Morgan fingerprint density at radius 2 is 2.16 bits per heavy atom. The van der Waals surface area contributed by atoms with Crippen molar-refractivity contribution >= 4 is 10.0 Å². The van der Waals surface area contributed by atoms with E-state index in [1.165, 1.54) is 32.2 Å². The lowest BCUT2D eigenvalue weighted by molar-refractivity contribution is -0.0120. The molecule has 1 rings (SSSR count). The molecule has 0 saturated carbocycles. The highest BCUT2D eigenvalue weighted by molar-refractivity contribution is 7.88. The molecule has 7 heteroatoms. The molecule has 0 spiro atoms. The maximum atomic E-state index is 12.9. The van der Waals surface area contributed by atoms with Gasteiger partial charge in [-0.25, -0.2) is 17.5 Å². The molecule has 0 heterocycles. The number of hydrogen-bond acceptors (Lipinski definition) is 4. The summed E-state index contributed by atoms with van der Waals surface area (Å²) >= 11 is 0. The lowest BCUT2D eigenvalue weighted by Gasteiger charge is -2.22. The molecule has 1 atom stereocenters. The number of ether oxygens (including phenoxy) is 1. The lowest BCUT2D eigenvalue weighted by Crippen LogP contribution is -2.44. The normalized spacial score (nSPS) is 15.2. The van der Waals surface area contributed by atoms with Crippen LogP contribution in [0.1, 0.15) is 12.5 Å². The topological polar surface area (TPSA) is 75.6 Å². The fraction of sp³-hybridized carbons (Fsp3) is 0.500. The number of methoxy groups -OCH3 is 1. The first kappa shape index (κ1) is 16.0. The number of benzene rings is 1. The van der Waals surface area contributed by atoms with Gasteiger partial charge in [0.15, 0.2) is 0 Å². The van der Waals surface area contributed by atoms with E-state index < -0.39 is 21.4 Å². The molecule has 2 N–H and O–H groups in total. The van der Waals surface area contributed by atoms with Gasteiger partial charge in [0, 0.05) is 13.7 Å². The molecule has 0 fully saturated rings. The van der Waals surface area contributed by atoms with Gasteiger partial charge in [-0.05, 0) is 24.6 Å². The highest BCUT2D eigenvalue weighted by Gasteiger charge is 2.23. The van der Waals surface area contributed by atoms with Gasteiger partial charge in [-0.2, -0.15) is 0 Å². The summed E-state index contributed by atoms with van der Waals surface area (Å²) in [5.41, 5.74) is -0.942. The number of sulfonamides is 1. The molecule has 5 nitrogen and oxygen atoms in total. The van der Waals surface area contributed by atoms with E-state index in [1.807, 2.05) is 0 Å². The standard InChI is InChI=1S/C12H18FNO4S/c1-12(15,9-18-2)8-14-19(16,17)7-10-4-3-5-11(13)6-10/h3-6,14-15H,7-9H2,1-2H3/t12-/m0/s1. The summed E-state index contributed by atoms with van der Waals surface area (Å²) < 4.78 is 43.5. The van der Waals surface area contributed by atoms with Crippen LogP contribution in [0.2, 0.25) is 0 Å². The van der Waals surface area contributed by atoms with Crippen molar-refractivity contribution in [2.24, 2.45) is 0 Å². The molecule has 0 aliphatic heterocycles. The smallest absolute Gasteiger partial charge is 0.215 e. The summed E-state index contributed by atoms with van der Waals surface area (Å²) in [6.45, 7) is 1.30. The van der Waals surface area contributed by atoms with Crippen LogP contribution in [-0.2, 0) is 20.5 Å². The van der Waals surface area contributed by atoms with E-state index in [2.05, 4.69) is 4.72 Å². The average molecular weight is 291 g/mol. The van der Waals surface area contributed by atoms with Crippen molar-refractivity contribution in [1.29, 1.82) is 0 Å². The molecule has 0 saturated heterocycles. The van der Waals surface area contributed by atoms with Crippen molar-refractivity contribution in [1.82, 2.24) is 4.72 Å². The fourth-order valence-corrected chi connectivity index (χ4v) is 2.78. The zero-order valence-corrected chi connectivity index (χ0v) is 11.7. The highest BCUT2D eigenvalue weighted by Crippen LogP contribution is 2.08. The third-order valence-electron chi connectivity index (χ3n) is 2.37. The van der Waals surface area contributed by atoms with E-state index >= 15 is 0 Å². The maximum Gasteiger partial charge on any atom is 0.215 e. The van der Waals surface area contributed by atoms with Crippen LogP contribution in [0.3, 0.4) is 0 Å². The number of hydrogen-bond donors (Lipinski definition) is 2. The number of aliphatic hydroxyl groups is 1. The Balaban J connectivity index is 2.62. The zero-order chi connectivity index (χ0) is 14.5. The second kappa shape index (κ2) is 6.42. The summed E-state index contributed by atoms with van der Waals surface area (Å²) in [7, 11) is -2.22. The number of halogens is 1. The van der Waals surface area contributed by atoms with Crippen molar-refractivity contribution in [2.75, 3.05) is 20.3 Å². The van der Waals surface area contributed by atoms with Gasteiger partial charge in [0.2, 0.25) is 10.0 Å². The van der Waals surface area contributed by atoms with Gasteiger partial charge in [0.05, 0.1) is 18.0 Å². The predicted molar refractivity (Wildman–Crippen MR) is 69.5 cm³/mol. The summed E-state index contributed by atoms with van der Waals surface area (Å²) in [5.74, 6) is -0.826. The molecule has 0 amide bonds. The Bertz CT molecular complexity index is 516. The van der Waals surface area contributed by atoms with Crippen LogP contribution in [0, 0.1) is 5.82 Å². The van der Waals surface area contributed by atoms with Crippen molar-refractivity contribution in [3.63, 3.8) is 0 Å². The van der Waals surface area contributed by atoms with E-state index in [1.54, 1.807) is 0 Å². The SMILES string of the molecule is COC[C@@](C)(O)CNS(=O)(=O)Cc1cccc(F)c1. The summed E-state index contributed by atoms with van der Waals surface area (Å²) in [4.78, 5) is 0. The van der Waals surface area contributed by atoms with Crippen LogP contribution < -0.4 is 4.72 Å². The van der Waals surface area contributed by atoms with E-state index in [9.17, 15) is 17.9 Å². The molecule has 0 aromatic heterocycles. The number of nitrogens with one attached hydrogen (secondary N) is 1. The van der Waals surface area contributed by atoms with Crippen LogP contribution >= 0.6 is 0 Å². The quantitative estimate of drug-likeness (QED) is 0.773. The number of rotatable bonds is 7. The average Bonchev–Trinajstić information content (AvgIpc) is 2.26. The second-order valence-corrected chi connectivity index (χ2v) is 6.45. The Labute approximate surface area is 112 Å². The second-order valence-electron chi connectivity index (χ2n) is 4.64. The van der Waals surface area contributed by atoms with Crippen molar-refractivity contribution < 1.29 is 22.7 Å². The van der Waals surface area contributed by atoms with Crippen LogP contribution in [0.25, 0.3) is 0 Å². The minimum Gasteiger partial charge on any atom is -0.386 e. The van der Waals surface area contributed by atoms with Crippen molar-refractivity contribution in [3.05, 3.63) is 35.6 Å². The fourth-order valence-electron chi connectivity index (χ4n) is 1.52. The Morgan fingerprint density at radius 3 is 2.74 bits per heavy atom. The maximum absolute atomic E-state index is 12.9. The minimum atomic E-state index is -3.64. The molecule has 0 unspecified atom stereocenters. The molecule has 1 aromatic rings. The van der Waals surface area contributed by atoms with Crippen LogP contribution in [-0.4, -0.2) is 39.4 Å². The molecule has 1 aromatic carbocycles. The van der Waals surface area contributed by atoms with Crippen LogP contribution in [0.4, 0.5) is 4.39 Å². The van der Waals surface area contributed by atoms with E-state index in [0.717, 1.165) is 6.07 Å². The predicted octanol–water partition coefficient (Wildman–Crippen LogP) is 0.643. The molecular formula is C12H18FNO4S. The summed E-state index contributed by atoms with van der Waals surface area (Å²) in [6.07, 6.45) is 0. The monoisotopic (exact) mass is 291 g/mol. The Hall–Kier alpha value is -1.02. The van der Waals surface area contributed by atoms with Gasteiger partial charge < -0.3 is 9.84 Å². The molecule has 19 heavy (non-hydrogen) atoms. The molecule has 108 valence electrons.